The quantitative estimate of drug-likeness (QED) is 0.382. The normalized spacial score (nSPS) is 10.9. The van der Waals surface area contributed by atoms with Crippen LogP contribution in [0.5, 0.6) is 0 Å². The number of carbonyl (C=O) groups excluding carboxylic acids is 1. The van der Waals surface area contributed by atoms with E-state index >= 15 is 0 Å². The van der Waals surface area contributed by atoms with Gasteiger partial charge in [0.2, 0.25) is 5.91 Å². The average molecular weight is 401 g/mol. The van der Waals surface area contributed by atoms with Gasteiger partial charge in [-0.3, -0.25) is 4.79 Å². The predicted molar refractivity (Wildman–Crippen MR) is 115 cm³/mol. The molecule has 2 N–H and O–H groups in total. The Morgan fingerprint density at radius 2 is 1.77 bits per heavy atom. The van der Waals surface area contributed by atoms with E-state index in [1.54, 1.807) is 42.5 Å². The lowest BCUT2D eigenvalue weighted by atomic mass is 10.1. The van der Waals surface area contributed by atoms with Crippen LogP contribution in [0.25, 0.3) is 22.4 Å². The summed E-state index contributed by atoms with van der Waals surface area (Å²) in [5.74, 6) is 0.253. The summed E-state index contributed by atoms with van der Waals surface area (Å²) in [5, 5.41) is 13.4. The molecule has 150 valence electrons. The maximum Gasteiger partial charge on any atom is 0.257 e. The van der Waals surface area contributed by atoms with Crippen molar-refractivity contribution in [3.63, 3.8) is 0 Å². The van der Waals surface area contributed by atoms with Crippen molar-refractivity contribution in [3.05, 3.63) is 82.8 Å². The van der Waals surface area contributed by atoms with E-state index in [1.807, 2.05) is 31.2 Å². The second kappa shape index (κ2) is 7.79. The van der Waals surface area contributed by atoms with Crippen LogP contribution in [0.4, 0.5) is 11.4 Å². The van der Waals surface area contributed by atoms with Gasteiger partial charge in [0.1, 0.15) is 5.52 Å². The number of rotatable bonds is 5. The standard InChI is InChI=1S/C23H20N4O3/c1-15-3-5-16(6-4-15)13-22(28)24-18-9-7-17(8-10-18)23-25-20-12-11-19(26(2)29)14-21(20)27(23)30/h3-12,14H,13H2,1-2H3,(H-,24,25,28,29,30)/p+1. The van der Waals surface area contributed by atoms with Crippen LogP contribution in [0.3, 0.4) is 0 Å². The maximum atomic E-state index is 12.3. The molecule has 1 aromatic heterocycles. The smallest absolute Gasteiger partial charge is 0.257 e. The van der Waals surface area contributed by atoms with Gasteiger partial charge in [-0.2, -0.15) is 4.73 Å². The lowest BCUT2D eigenvalue weighted by Gasteiger charge is -2.07. The number of benzene rings is 3. The van der Waals surface area contributed by atoms with Gasteiger partial charge >= 0.3 is 0 Å². The van der Waals surface area contributed by atoms with Gasteiger partial charge in [0, 0.05) is 33.1 Å². The molecule has 0 fully saturated rings. The molecule has 7 nitrogen and oxygen atoms in total. The Morgan fingerprint density at radius 1 is 1.07 bits per heavy atom. The molecule has 4 aromatic rings. The zero-order valence-electron chi connectivity index (χ0n) is 16.7. The van der Waals surface area contributed by atoms with E-state index in [4.69, 9.17) is 0 Å². The summed E-state index contributed by atoms with van der Waals surface area (Å²) in [7, 11) is 1.39. The van der Waals surface area contributed by atoms with Gasteiger partial charge in [-0.25, -0.2) is 4.98 Å². The Kier molecular flexibility index (Phi) is 5.02. The fourth-order valence-electron chi connectivity index (χ4n) is 3.23. The minimum atomic E-state index is -0.102. The monoisotopic (exact) mass is 401 g/mol. The molecule has 0 spiro atoms. The van der Waals surface area contributed by atoms with Crippen LogP contribution in [-0.2, 0) is 11.2 Å². The summed E-state index contributed by atoms with van der Waals surface area (Å²) in [4.78, 5) is 28.2. The molecule has 0 aliphatic heterocycles. The van der Waals surface area contributed by atoms with E-state index in [-0.39, 0.29) is 5.91 Å². The molecule has 7 heteroatoms. The van der Waals surface area contributed by atoms with Crippen molar-refractivity contribution in [1.82, 2.24) is 9.71 Å². The van der Waals surface area contributed by atoms with Crippen LogP contribution < -0.4 is 5.32 Å². The first-order chi connectivity index (χ1) is 14.4. The highest BCUT2D eigenvalue weighted by Gasteiger charge is 2.16. The van der Waals surface area contributed by atoms with E-state index in [1.165, 1.54) is 7.05 Å². The van der Waals surface area contributed by atoms with Crippen molar-refractivity contribution < 1.29 is 14.8 Å². The first-order valence-corrected chi connectivity index (χ1v) is 9.49. The third-order valence-corrected chi connectivity index (χ3v) is 4.89. The number of fused-ring (bicyclic) bond motifs is 1. The number of nitrogens with one attached hydrogen (secondary N) is 1. The zero-order valence-corrected chi connectivity index (χ0v) is 16.7. The summed E-state index contributed by atoms with van der Waals surface area (Å²) in [5.41, 5.74) is 4.90. The molecule has 3 aromatic carbocycles. The number of aryl methyl sites for hydroxylation is 1. The first kappa shape index (κ1) is 19.3. The van der Waals surface area contributed by atoms with Crippen LogP contribution in [0.15, 0.2) is 66.7 Å². The van der Waals surface area contributed by atoms with E-state index in [0.29, 0.717) is 40.2 Å². The summed E-state index contributed by atoms with van der Waals surface area (Å²) in [6, 6.07) is 19.8. The summed E-state index contributed by atoms with van der Waals surface area (Å²) in [6.07, 6.45) is 0.297. The predicted octanol–water partition coefficient (Wildman–Crippen LogP) is 4.47. The number of nitroso groups, excluding NO2 is 1. The van der Waals surface area contributed by atoms with Crippen LogP contribution in [-0.4, -0.2) is 32.6 Å². The van der Waals surface area contributed by atoms with E-state index in [2.05, 4.69) is 10.3 Å². The lowest BCUT2D eigenvalue weighted by molar-refractivity contribution is -0.428. The van der Waals surface area contributed by atoms with Crippen molar-refractivity contribution >= 4 is 28.3 Å². The van der Waals surface area contributed by atoms with Crippen molar-refractivity contribution in [2.75, 3.05) is 12.4 Å². The molecule has 4 rings (SSSR count). The van der Waals surface area contributed by atoms with Crippen molar-refractivity contribution in [3.8, 4) is 11.4 Å². The van der Waals surface area contributed by atoms with Crippen molar-refractivity contribution in [2.24, 2.45) is 0 Å². The number of imidazole rings is 1. The number of carbonyl (C=O) groups is 1. The average Bonchev–Trinajstić information content (AvgIpc) is 3.06. The topological polar surface area (TPSA) is 87.2 Å². The van der Waals surface area contributed by atoms with Crippen LogP contribution in [0, 0.1) is 11.8 Å². The number of nitrogens with zero attached hydrogens (tertiary/aromatic N) is 3. The summed E-state index contributed by atoms with van der Waals surface area (Å²) >= 11 is 0. The molecule has 0 radical (unpaired) electrons. The first-order valence-electron chi connectivity index (χ1n) is 9.49. The Balaban J connectivity index is 1.52. The minimum absolute atomic E-state index is 0.102. The minimum Gasteiger partial charge on any atom is -0.426 e. The van der Waals surface area contributed by atoms with E-state index in [9.17, 15) is 14.9 Å². The van der Waals surface area contributed by atoms with Crippen LogP contribution in [0.1, 0.15) is 11.1 Å². The number of aromatic nitrogens is 2. The Hall–Kier alpha value is -4.00. The molecule has 1 heterocycles. The number of hydrogen-bond donors (Lipinski definition) is 2. The second-order valence-electron chi connectivity index (χ2n) is 7.21. The van der Waals surface area contributed by atoms with Crippen LogP contribution in [0.2, 0.25) is 0 Å². The SMILES string of the molecule is Cc1ccc(CC(=O)Nc2ccc(-c3nc4ccc([N+](C)=O)cc4n3O)cc2)cc1. The fraction of sp³-hybridized carbons (Fsp3) is 0.130. The van der Waals surface area contributed by atoms with E-state index < -0.39 is 0 Å². The van der Waals surface area contributed by atoms with Gasteiger partial charge in [-0.05, 0) is 42.8 Å². The highest BCUT2D eigenvalue weighted by molar-refractivity contribution is 5.92. The third-order valence-electron chi connectivity index (χ3n) is 4.89. The molecule has 0 unspecified atom stereocenters. The Labute approximate surface area is 173 Å². The molecule has 0 aliphatic carbocycles. The second-order valence-corrected chi connectivity index (χ2v) is 7.21. The van der Waals surface area contributed by atoms with Gasteiger partial charge in [0.05, 0.1) is 11.9 Å². The highest BCUT2D eigenvalue weighted by Crippen LogP contribution is 2.27. The molecular weight excluding hydrogens is 380 g/mol. The fourth-order valence-corrected chi connectivity index (χ4v) is 3.23. The Bertz CT molecular complexity index is 1240. The molecule has 0 saturated carbocycles. The lowest BCUT2D eigenvalue weighted by Crippen LogP contribution is -2.14. The Morgan fingerprint density at radius 3 is 2.43 bits per heavy atom. The van der Waals surface area contributed by atoms with Crippen molar-refractivity contribution in [2.45, 2.75) is 13.3 Å². The molecular formula is C23H21N4O3+. The van der Waals surface area contributed by atoms with Crippen molar-refractivity contribution in [1.29, 1.82) is 0 Å². The third kappa shape index (κ3) is 3.91. The molecule has 0 aliphatic rings. The molecule has 0 atom stereocenters. The van der Waals surface area contributed by atoms with Gasteiger partial charge in [-0.1, -0.05) is 29.8 Å². The van der Waals surface area contributed by atoms with E-state index in [0.717, 1.165) is 20.6 Å². The van der Waals surface area contributed by atoms with Gasteiger partial charge < -0.3 is 10.5 Å². The molecule has 0 saturated heterocycles. The largest absolute Gasteiger partial charge is 0.426 e. The number of hydrogen-bond acceptors (Lipinski definition) is 4. The molecule has 0 bridgehead atoms. The zero-order chi connectivity index (χ0) is 21.3. The highest BCUT2D eigenvalue weighted by atomic mass is 16.5. The summed E-state index contributed by atoms with van der Waals surface area (Å²) in [6.45, 7) is 2.01. The number of amides is 1. The molecule has 30 heavy (non-hydrogen) atoms. The van der Waals surface area contributed by atoms with Gasteiger partial charge in [0.25, 0.3) is 5.69 Å². The molecule has 1 amide bonds. The summed E-state index contributed by atoms with van der Waals surface area (Å²) < 4.78 is 1.69. The van der Waals surface area contributed by atoms with Gasteiger partial charge in [-0.15, -0.1) is 0 Å². The number of anilines is 1. The maximum absolute atomic E-state index is 12.3. The van der Waals surface area contributed by atoms with Crippen LogP contribution >= 0.6 is 0 Å². The van der Waals surface area contributed by atoms with Gasteiger partial charge in [0.15, 0.2) is 12.9 Å².